The fraction of sp³-hybridized carbons (Fsp3) is 1.00. The van der Waals surface area contributed by atoms with Gasteiger partial charge >= 0.3 is 0 Å². The minimum Gasteiger partial charge on any atom is -0.353 e. The molecule has 0 aromatic heterocycles. The van der Waals surface area contributed by atoms with E-state index in [4.69, 9.17) is 9.47 Å². The zero-order valence-electron chi connectivity index (χ0n) is 7.51. The second-order valence-corrected chi connectivity index (χ2v) is 3.18. The van der Waals surface area contributed by atoms with E-state index >= 15 is 0 Å². The highest BCUT2D eigenvalue weighted by molar-refractivity contribution is 4.58. The molecule has 0 bridgehead atoms. The van der Waals surface area contributed by atoms with Crippen LogP contribution in [0.4, 0.5) is 0 Å². The summed E-state index contributed by atoms with van der Waals surface area (Å²) in [6, 6.07) is 0. The lowest BCUT2D eigenvalue weighted by Crippen LogP contribution is -2.30. The molecule has 0 radical (unpaired) electrons. The molecule has 2 unspecified atom stereocenters. The third-order valence-electron chi connectivity index (χ3n) is 2.01. The molecule has 0 saturated carbocycles. The molecule has 0 aliphatic carbocycles. The Morgan fingerprint density at radius 1 is 1.45 bits per heavy atom. The number of hydrogen-bond donors (Lipinski definition) is 0. The van der Waals surface area contributed by atoms with Crippen molar-refractivity contribution in [1.29, 1.82) is 0 Å². The molecule has 0 aromatic rings. The molecule has 2 atom stereocenters. The van der Waals surface area contributed by atoms with Crippen molar-refractivity contribution in [2.75, 3.05) is 6.61 Å². The standard InChI is InChI=1S/C9H18O2/c1-3-4-5-9-10-7-6-8(2)11-9/h8-9H,3-7H2,1-2H3. The maximum Gasteiger partial charge on any atom is 0.157 e. The monoisotopic (exact) mass is 158 g/mol. The van der Waals surface area contributed by atoms with Gasteiger partial charge in [0.1, 0.15) is 0 Å². The second-order valence-electron chi connectivity index (χ2n) is 3.18. The molecule has 11 heavy (non-hydrogen) atoms. The number of rotatable bonds is 3. The Balaban J connectivity index is 2.12. The van der Waals surface area contributed by atoms with E-state index in [9.17, 15) is 0 Å². The van der Waals surface area contributed by atoms with E-state index in [0.29, 0.717) is 6.10 Å². The summed E-state index contributed by atoms with van der Waals surface area (Å²) in [5.74, 6) is 0. The molecule has 1 rings (SSSR count). The van der Waals surface area contributed by atoms with Crippen LogP contribution >= 0.6 is 0 Å². The number of ether oxygens (including phenoxy) is 2. The van der Waals surface area contributed by atoms with Gasteiger partial charge in [-0.25, -0.2) is 0 Å². The lowest BCUT2D eigenvalue weighted by molar-refractivity contribution is -0.210. The average molecular weight is 158 g/mol. The van der Waals surface area contributed by atoms with E-state index in [2.05, 4.69) is 13.8 Å². The maximum atomic E-state index is 5.57. The second kappa shape index (κ2) is 4.73. The third-order valence-corrected chi connectivity index (χ3v) is 2.01. The first kappa shape index (κ1) is 9.01. The molecule has 1 aliphatic rings. The molecule has 1 saturated heterocycles. The SMILES string of the molecule is CCCCC1OCCC(C)O1. The molecule has 1 aliphatic heterocycles. The van der Waals surface area contributed by atoms with Gasteiger partial charge < -0.3 is 9.47 Å². The van der Waals surface area contributed by atoms with Crippen LogP contribution in [0.15, 0.2) is 0 Å². The van der Waals surface area contributed by atoms with Crippen molar-refractivity contribution in [3.8, 4) is 0 Å². The van der Waals surface area contributed by atoms with Crippen molar-refractivity contribution < 1.29 is 9.47 Å². The summed E-state index contributed by atoms with van der Waals surface area (Å²) in [5.41, 5.74) is 0. The lowest BCUT2D eigenvalue weighted by atomic mass is 10.2. The molecule has 2 nitrogen and oxygen atoms in total. The van der Waals surface area contributed by atoms with Gasteiger partial charge in [0.15, 0.2) is 6.29 Å². The Hall–Kier alpha value is -0.0800. The quantitative estimate of drug-likeness (QED) is 0.627. The zero-order chi connectivity index (χ0) is 8.10. The summed E-state index contributed by atoms with van der Waals surface area (Å²) in [5, 5.41) is 0. The van der Waals surface area contributed by atoms with Gasteiger partial charge in [-0.3, -0.25) is 0 Å². The largest absolute Gasteiger partial charge is 0.353 e. The van der Waals surface area contributed by atoms with Gasteiger partial charge in [0.2, 0.25) is 0 Å². The molecule has 0 spiro atoms. The predicted octanol–water partition coefficient (Wildman–Crippen LogP) is 2.33. The molecule has 1 fully saturated rings. The Morgan fingerprint density at radius 2 is 2.27 bits per heavy atom. The lowest BCUT2D eigenvalue weighted by Gasteiger charge is -2.27. The van der Waals surface area contributed by atoms with E-state index in [0.717, 1.165) is 19.4 Å². The summed E-state index contributed by atoms with van der Waals surface area (Å²) >= 11 is 0. The van der Waals surface area contributed by atoms with Crippen LogP contribution in [0, 0.1) is 0 Å². The van der Waals surface area contributed by atoms with E-state index in [1.54, 1.807) is 0 Å². The Kier molecular flexibility index (Phi) is 3.87. The van der Waals surface area contributed by atoms with Gasteiger partial charge in [-0.1, -0.05) is 13.3 Å². The molecule has 0 N–H and O–H groups in total. The van der Waals surface area contributed by atoms with Gasteiger partial charge in [0, 0.05) is 0 Å². The fourth-order valence-corrected chi connectivity index (χ4v) is 1.25. The third kappa shape index (κ3) is 3.21. The highest BCUT2D eigenvalue weighted by Gasteiger charge is 2.18. The van der Waals surface area contributed by atoms with E-state index in [-0.39, 0.29) is 6.29 Å². The van der Waals surface area contributed by atoms with Crippen LogP contribution in [0.2, 0.25) is 0 Å². The number of hydrogen-bond acceptors (Lipinski definition) is 2. The molecular formula is C9H18O2. The van der Waals surface area contributed by atoms with Crippen molar-refractivity contribution in [2.45, 2.75) is 51.9 Å². The van der Waals surface area contributed by atoms with Crippen molar-refractivity contribution in [3.63, 3.8) is 0 Å². The summed E-state index contributed by atoms with van der Waals surface area (Å²) in [4.78, 5) is 0. The first-order chi connectivity index (χ1) is 5.33. The highest BCUT2D eigenvalue weighted by atomic mass is 16.7. The normalized spacial score (nSPS) is 32.2. The summed E-state index contributed by atoms with van der Waals surface area (Å²) < 4.78 is 11.0. The first-order valence-electron chi connectivity index (χ1n) is 4.60. The van der Waals surface area contributed by atoms with Crippen molar-refractivity contribution in [3.05, 3.63) is 0 Å². The van der Waals surface area contributed by atoms with Crippen LogP contribution in [-0.4, -0.2) is 19.0 Å². The van der Waals surface area contributed by atoms with Crippen molar-refractivity contribution in [2.24, 2.45) is 0 Å². The molecule has 2 heteroatoms. The van der Waals surface area contributed by atoms with Gasteiger partial charge in [-0.05, 0) is 26.2 Å². The highest BCUT2D eigenvalue weighted by Crippen LogP contribution is 2.16. The summed E-state index contributed by atoms with van der Waals surface area (Å²) in [6.07, 6.45) is 5.00. The van der Waals surface area contributed by atoms with E-state index in [1.807, 2.05) is 0 Å². The van der Waals surface area contributed by atoms with Gasteiger partial charge in [0.05, 0.1) is 12.7 Å². The Labute approximate surface area is 68.9 Å². The van der Waals surface area contributed by atoms with Crippen LogP contribution in [0.5, 0.6) is 0 Å². The number of unbranched alkanes of at least 4 members (excludes halogenated alkanes) is 1. The van der Waals surface area contributed by atoms with Crippen LogP contribution in [-0.2, 0) is 9.47 Å². The molecule has 0 amide bonds. The van der Waals surface area contributed by atoms with Gasteiger partial charge in [-0.2, -0.15) is 0 Å². The minimum absolute atomic E-state index is 0.0821. The predicted molar refractivity (Wildman–Crippen MR) is 44.4 cm³/mol. The maximum absolute atomic E-state index is 5.57. The van der Waals surface area contributed by atoms with Crippen molar-refractivity contribution in [1.82, 2.24) is 0 Å². The molecule has 66 valence electrons. The Bertz CT molecular complexity index is 104. The molecule has 0 aromatic carbocycles. The van der Waals surface area contributed by atoms with Gasteiger partial charge in [-0.15, -0.1) is 0 Å². The summed E-state index contributed by atoms with van der Waals surface area (Å²) in [7, 11) is 0. The fourth-order valence-electron chi connectivity index (χ4n) is 1.25. The minimum atomic E-state index is 0.0821. The van der Waals surface area contributed by atoms with Crippen LogP contribution in [0.25, 0.3) is 0 Å². The van der Waals surface area contributed by atoms with E-state index < -0.39 is 0 Å². The van der Waals surface area contributed by atoms with Crippen LogP contribution < -0.4 is 0 Å². The molecule has 1 heterocycles. The smallest absolute Gasteiger partial charge is 0.157 e. The average Bonchev–Trinajstić information content (AvgIpc) is 2.01. The summed E-state index contributed by atoms with van der Waals surface area (Å²) in [6.45, 7) is 5.17. The van der Waals surface area contributed by atoms with E-state index in [1.165, 1.54) is 12.8 Å². The zero-order valence-corrected chi connectivity index (χ0v) is 7.51. The van der Waals surface area contributed by atoms with Crippen LogP contribution in [0.3, 0.4) is 0 Å². The Morgan fingerprint density at radius 3 is 2.91 bits per heavy atom. The van der Waals surface area contributed by atoms with Gasteiger partial charge in [0.25, 0.3) is 0 Å². The van der Waals surface area contributed by atoms with Crippen LogP contribution in [0.1, 0.15) is 39.5 Å². The molecular weight excluding hydrogens is 140 g/mol. The topological polar surface area (TPSA) is 18.5 Å². The first-order valence-corrected chi connectivity index (χ1v) is 4.60. The van der Waals surface area contributed by atoms with Crippen molar-refractivity contribution >= 4 is 0 Å².